The number of hydrogen-bond acceptors (Lipinski definition) is 1. The minimum absolute atomic E-state index is 0.156. The van der Waals surface area contributed by atoms with E-state index in [1.807, 2.05) is 20.0 Å². The lowest BCUT2D eigenvalue weighted by molar-refractivity contribution is 0.582. The summed E-state index contributed by atoms with van der Waals surface area (Å²) in [6.45, 7) is 5.68. The molecule has 0 aliphatic rings. The predicted molar refractivity (Wildman–Crippen MR) is 57.8 cm³/mol. The normalized spacial score (nSPS) is 12.5. The van der Waals surface area contributed by atoms with Gasteiger partial charge in [-0.05, 0) is 43.7 Å². The molecule has 0 saturated heterocycles. The summed E-state index contributed by atoms with van der Waals surface area (Å²) in [4.78, 5) is 0. The van der Waals surface area contributed by atoms with E-state index in [0.29, 0.717) is 0 Å². The maximum absolute atomic E-state index is 13.0. The Labute approximate surface area is 84.6 Å². The second-order valence-corrected chi connectivity index (χ2v) is 3.37. The van der Waals surface area contributed by atoms with Crippen molar-refractivity contribution in [3.8, 4) is 0 Å². The van der Waals surface area contributed by atoms with Crippen LogP contribution >= 0.6 is 0 Å². The number of rotatable bonds is 4. The molecule has 2 heteroatoms. The quantitative estimate of drug-likeness (QED) is 0.725. The van der Waals surface area contributed by atoms with Crippen LogP contribution in [0.2, 0.25) is 0 Å². The summed E-state index contributed by atoms with van der Waals surface area (Å²) in [5.74, 6) is -0.185. The molecule has 76 valence electrons. The van der Waals surface area contributed by atoms with Gasteiger partial charge in [0, 0.05) is 6.04 Å². The van der Waals surface area contributed by atoms with E-state index in [-0.39, 0.29) is 11.9 Å². The molecular formula is C12H16FN. The molecule has 0 fully saturated rings. The van der Waals surface area contributed by atoms with E-state index in [0.717, 1.165) is 17.5 Å². The highest BCUT2D eigenvalue weighted by Gasteiger charge is 2.10. The lowest BCUT2D eigenvalue weighted by Gasteiger charge is -2.17. The fourth-order valence-corrected chi connectivity index (χ4v) is 1.55. The molecule has 0 saturated carbocycles. The van der Waals surface area contributed by atoms with Crippen LogP contribution in [0.25, 0.3) is 0 Å². The third-order valence-corrected chi connectivity index (χ3v) is 2.37. The van der Waals surface area contributed by atoms with Crippen LogP contribution in [0.4, 0.5) is 4.39 Å². The maximum atomic E-state index is 13.0. The van der Waals surface area contributed by atoms with Crippen molar-refractivity contribution in [2.24, 2.45) is 0 Å². The molecule has 1 atom stereocenters. The Kier molecular flexibility index (Phi) is 3.84. The van der Waals surface area contributed by atoms with E-state index < -0.39 is 0 Å². The Morgan fingerprint density at radius 2 is 2.29 bits per heavy atom. The molecule has 1 unspecified atom stereocenters. The molecule has 1 nitrogen and oxygen atoms in total. The number of halogens is 1. The fourth-order valence-electron chi connectivity index (χ4n) is 1.55. The van der Waals surface area contributed by atoms with Gasteiger partial charge in [0.25, 0.3) is 0 Å². The number of nitrogens with one attached hydrogen (secondary N) is 1. The van der Waals surface area contributed by atoms with Crippen LogP contribution in [-0.4, -0.2) is 7.05 Å². The third-order valence-electron chi connectivity index (χ3n) is 2.37. The van der Waals surface area contributed by atoms with Gasteiger partial charge >= 0.3 is 0 Å². The summed E-state index contributed by atoms with van der Waals surface area (Å²) in [6.07, 6.45) is 2.65. The summed E-state index contributed by atoms with van der Waals surface area (Å²) in [6, 6.07) is 5.03. The molecule has 0 aromatic heterocycles. The van der Waals surface area contributed by atoms with Gasteiger partial charge in [-0.3, -0.25) is 0 Å². The van der Waals surface area contributed by atoms with Crippen LogP contribution in [0.3, 0.4) is 0 Å². The first kappa shape index (κ1) is 10.9. The second-order valence-electron chi connectivity index (χ2n) is 3.37. The Bertz CT molecular complexity index is 320. The zero-order valence-electron chi connectivity index (χ0n) is 8.68. The van der Waals surface area contributed by atoms with Crippen LogP contribution in [-0.2, 0) is 0 Å². The van der Waals surface area contributed by atoms with Crippen molar-refractivity contribution < 1.29 is 4.39 Å². The third kappa shape index (κ3) is 2.42. The van der Waals surface area contributed by atoms with E-state index in [2.05, 4.69) is 11.9 Å². The smallest absolute Gasteiger partial charge is 0.123 e. The molecule has 0 heterocycles. The summed E-state index contributed by atoms with van der Waals surface area (Å²) in [5.41, 5.74) is 2.11. The Balaban J connectivity index is 3.01. The molecule has 0 amide bonds. The van der Waals surface area contributed by atoms with Crippen LogP contribution in [0.15, 0.2) is 30.9 Å². The van der Waals surface area contributed by atoms with Gasteiger partial charge in [-0.2, -0.15) is 0 Å². The standard InChI is InChI=1S/C12H16FN/c1-4-5-12(14-3)11-8-10(13)7-6-9(11)2/h4,6-8,12,14H,1,5H2,2-3H3. The minimum Gasteiger partial charge on any atom is -0.313 e. The zero-order chi connectivity index (χ0) is 10.6. The molecule has 0 radical (unpaired) electrons. The molecule has 14 heavy (non-hydrogen) atoms. The summed E-state index contributed by atoms with van der Waals surface area (Å²) in [5, 5.41) is 3.15. The summed E-state index contributed by atoms with van der Waals surface area (Å²) < 4.78 is 13.0. The highest BCUT2D eigenvalue weighted by atomic mass is 19.1. The molecule has 1 aromatic rings. The van der Waals surface area contributed by atoms with Gasteiger partial charge in [0.1, 0.15) is 5.82 Å². The lowest BCUT2D eigenvalue weighted by Crippen LogP contribution is -2.16. The van der Waals surface area contributed by atoms with Crippen LogP contribution in [0.5, 0.6) is 0 Å². The van der Waals surface area contributed by atoms with Crippen molar-refractivity contribution in [1.82, 2.24) is 5.32 Å². The predicted octanol–water partition coefficient (Wildman–Crippen LogP) is 2.97. The number of aryl methyl sites for hydroxylation is 1. The molecule has 1 N–H and O–H groups in total. The Morgan fingerprint density at radius 3 is 2.86 bits per heavy atom. The molecule has 0 bridgehead atoms. The van der Waals surface area contributed by atoms with Gasteiger partial charge in [0.2, 0.25) is 0 Å². The molecule has 0 spiro atoms. The maximum Gasteiger partial charge on any atom is 0.123 e. The first-order valence-electron chi connectivity index (χ1n) is 4.73. The molecular weight excluding hydrogens is 177 g/mol. The molecule has 1 rings (SSSR count). The van der Waals surface area contributed by atoms with Crippen molar-refractivity contribution >= 4 is 0 Å². The first-order valence-corrected chi connectivity index (χ1v) is 4.73. The monoisotopic (exact) mass is 193 g/mol. The van der Waals surface area contributed by atoms with Gasteiger partial charge in [-0.15, -0.1) is 6.58 Å². The Morgan fingerprint density at radius 1 is 1.57 bits per heavy atom. The fraction of sp³-hybridized carbons (Fsp3) is 0.333. The van der Waals surface area contributed by atoms with E-state index >= 15 is 0 Å². The van der Waals surface area contributed by atoms with Crippen LogP contribution in [0.1, 0.15) is 23.6 Å². The summed E-state index contributed by atoms with van der Waals surface area (Å²) in [7, 11) is 1.87. The van der Waals surface area contributed by atoms with Crippen LogP contribution < -0.4 is 5.32 Å². The Hall–Kier alpha value is -1.15. The average Bonchev–Trinajstić information content (AvgIpc) is 2.18. The number of benzene rings is 1. The molecule has 0 aliphatic heterocycles. The first-order chi connectivity index (χ1) is 6.69. The highest BCUT2D eigenvalue weighted by molar-refractivity contribution is 5.29. The van der Waals surface area contributed by atoms with E-state index in [9.17, 15) is 4.39 Å². The van der Waals surface area contributed by atoms with E-state index in [4.69, 9.17) is 0 Å². The van der Waals surface area contributed by atoms with Gasteiger partial charge in [0.05, 0.1) is 0 Å². The van der Waals surface area contributed by atoms with E-state index in [1.165, 1.54) is 6.07 Å². The summed E-state index contributed by atoms with van der Waals surface area (Å²) >= 11 is 0. The zero-order valence-corrected chi connectivity index (χ0v) is 8.68. The lowest BCUT2D eigenvalue weighted by atomic mass is 9.99. The molecule has 1 aromatic carbocycles. The van der Waals surface area contributed by atoms with Crippen molar-refractivity contribution in [3.63, 3.8) is 0 Å². The molecule has 0 aliphatic carbocycles. The van der Waals surface area contributed by atoms with E-state index in [1.54, 1.807) is 12.1 Å². The van der Waals surface area contributed by atoms with Gasteiger partial charge in [-0.25, -0.2) is 4.39 Å². The van der Waals surface area contributed by atoms with Crippen molar-refractivity contribution in [1.29, 1.82) is 0 Å². The topological polar surface area (TPSA) is 12.0 Å². The SMILES string of the molecule is C=CCC(NC)c1cc(F)ccc1C. The average molecular weight is 193 g/mol. The highest BCUT2D eigenvalue weighted by Crippen LogP contribution is 2.21. The van der Waals surface area contributed by atoms with Crippen molar-refractivity contribution in [3.05, 3.63) is 47.8 Å². The minimum atomic E-state index is -0.185. The van der Waals surface area contributed by atoms with Crippen LogP contribution in [0, 0.1) is 12.7 Å². The van der Waals surface area contributed by atoms with Gasteiger partial charge in [0.15, 0.2) is 0 Å². The van der Waals surface area contributed by atoms with Gasteiger partial charge < -0.3 is 5.32 Å². The van der Waals surface area contributed by atoms with Gasteiger partial charge in [-0.1, -0.05) is 12.1 Å². The van der Waals surface area contributed by atoms with Crippen molar-refractivity contribution in [2.75, 3.05) is 7.05 Å². The number of hydrogen-bond donors (Lipinski definition) is 1. The van der Waals surface area contributed by atoms with Crippen molar-refractivity contribution in [2.45, 2.75) is 19.4 Å². The largest absolute Gasteiger partial charge is 0.313 e. The second kappa shape index (κ2) is 4.91.